The highest BCUT2D eigenvalue weighted by Crippen LogP contribution is 2.25. The Morgan fingerprint density at radius 2 is 1.85 bits per heavy atom. The number of rotatable bonds is 6. The fourth-order valence-electron chi connectivity index (χ4n) is 3.92. The molecule has 2 heterocycles. The first kappa shape index (κ1) is 23.0. The third kappa shape index (κ3) is 4.79. The Kier molecular flexibility index (Phi) is 6.53. The zero-order valence-electron chi connectivity index (χ0n) is 18.6. The highest BCUT2D eigenvalue weighted by atomic mass is 32.2. The number of ether oxygens (including phenoxy) is 1. The first-order valence-electron chi connectivity index (χ1n) is 10.9. The molecule has 2 N–H and O–H groups in total. The van der Waals surface area contributed by atoms with Gasteiger partial charge in [-0.1, -0.05) is 19.1 Å². The molecular formula is C24H27N3O5S. The van der Waals surface area contributed by atoms with E-state index in [2.05, 4.69) is 17.2 Å². The predicted octanol–water partition coefficient (Wildman–Crippen LogP) is 2.89. The predicted molar refractivity (Wildman–Crippen MR) is 126 cm³/mol. The minimum Gasteiger partial charge on any atom is -0.497 e. The summed E-state index contributed by atoms with van der Waals surface area (Å²) in [5.74, 6) is 0.669. The first-order chi connectivity index (χ1) is 15.8. The molecule has 3 aromatic rings. The van der Waals surface area contributed by atoms with Crippen molar-refractivity contribution in [3.8, 4) is 5.75 Å². The van der Waals surface area contributed by atoms with Crippen LogP contribution in [-0.4, -0.2) is 43.8 Å². The number of fused-ring (bicyclic) bond motifs is 1. The standard InChI is InChI=1S/C24H27N3O5S/c1-16-9-11-27(12-10-16)33(30,31)19-7-8-22-20(13-19)23(28)21(15-25-22)24(29)26-14-17-3-5-18(32-2)6-4-17/h3-8,13,15-16H,9-12,14H2,1-2H3,(H,25,28)(H,26,29). The van der Waals surface area contributed by atoms with Crippen LogP contribution < -0.4 is 15.5 Å². The van der Waals surface area contributed by atoms with Gasteiger partial charge in [-0.3, -0.25) is 9.59 Å². The molecule has 0 saturated carbocycles. The Morgan fingerprint density at radius 1 is 1.15 bits per heavy atom. The van der Waals surface area contributed by atoms with E-state index in [9.17, 15) is 18.0 Å². The molecule has 0 unspecified atom stereocenters. The molecule has 1 fully saturated rings. The number of pyridine rings is 1. The van der Waals surface area contributed by atoms with Crippen molar-refractivity contribution in [2.24, 2.45) is 5.92 Å². The summed E-state index contributed by atoms with van der Waals surface area (Å²) in [6, 6.07) is 11.6. The van der Waals surface area contributed by atoms with Crippen LogP contribution in [0.4, 0.5) is 0 Å². The maximum atomic E-state index is 13.1. The van der Waals surface area contributed by atoms with E-state index in [0.717, 1.165) is 18.4 Å². The summed E-state index contributed by atoms with van der Waals surface area (Å²) in [4.78, 5) is 28.7. The molecule has 0 bridgehead atoms. The highest BCUT2D eigenvalue weighted by molar-refractivity contribution is 7.89. The van der Waals surface area contributed by atoms with Crippen LogP contribution in [0.2, 0.25) is 0 Å². The quantitative estimate of drug-likeness (QED) is 0.577. The van der Waals surface area contributed by atoms with Gasteiger partial charge in [0.15, 0.2) is 0 Å². The lowest BCUT2D eigenvalue weighted by Crippen LogP contribution is -2.37. The molecule has 0 radical (unpaired) electrons. The Bertz CT molecular complexity index is 1320. The maximum absolute atomic E-state index is 13.1. The Balaban J connectivity index is 1.58. The number of aromatic amines is 1. The second-order valence-corrected chi connectivity index (χ2v) is 10.3. The third-order valence-corrected chi connectivity index (χ3v) is 7.98. The molecule has 33 heavy (non-hydrogen) atoms. The van der Waals surface area contributed by atoms with Crippen LogP contribution in [0.3, 0.4) is 0 Å². The Morgan fingerprint density at radius 3 is 2.52 bits per heavy atom. The summed E-state index contributed by atoms with van der Waals surface area (Å²) in [6.07, 6.45) is 2.98. The summed E-state index contributed by atoms with van der Waals surface area (Å²) < 4.78 is 32.8. The maximum Gasteiger partial charge on any atom is 0.257 e. The number of nitrogens with one attached hydrogen (secondary N) is 2. The molecule has 1 aliphatic rings. The molecule has 4 rings (SSSR count). The molecule has 1 saturated heterocycles. The fourth-order valence-corrected chi connectivity index (χ4v) is 5.42. The number of piperidine rings is 1. The molecule has 0 aliphatic carbocycles. The van der Waals surface area contributed by atoms with Crippen LogP contribution in [-0.2, 0) is 16.6 Å². The van der Waals surface area contributed by atoms with E-state index in [1.165, 1.54) is 22.6 Å². The molecule has 1 aromatic heterocycles. The van der Waals surface area contributed by atoms with Crippen LogP contribution >= 0.6 is 0 Å². The van der Waals surface area contributed by atoms with Crippen LogP contribution in [0.25, 0.3) is 10.9 Å². The molecule has 0 spiro atoms. The van der Waals surface area contributed by atoms with Gasteiger partial charge in [-0.05, 0) is 54.7 Å². The van der Waals surface area contributed by atoms with Crippen molar-refractivity contribution in [1.29, 1.82) is 0 Å². The van der Waals surface area contributed by atoms with Gasteiger partial charge in [0, 0.05) is 36.7 Å². The average molecular weight is 470 g/mol. The molecule has 1 amide bonds. The SMILES string of the molecule is COc1ccc(CNC(=O)c2c[nH]c3ccc(S(=O)(=O)N4CCC(C)CC4)cc3c2=O)cc1. The van der Waals surface area contributed by atoms with Crippen molar-refractivity contribution < 1.29 is 17.9 Å². The summed E-state index contributed by atoms with van der Waals surface area (Å²) in [5.41, 5.74) is 0.737. The van der Waals surface area contributed by atoms with Crippen molar-refractivity contribution in [3.63, 3.8) is 0 Å². The highest BCUT2D eigenvalue weighted by Gasteiger charge is 2.28. The lowest BCUT2D eigenvalue weighted by Gasteiger charge is -2.29. The van der Waals surface area contributed by atoms with E-state index in [1.807, 2.05) is 12.1 Å². The Labute approximate surface area is 192 Å². The van der Waals surface area contributed by atoms with E-state index < -0.39 is 21.4 Å². The van der Waals surface area contributed by atoms with E-state index >= 15 is 0 Å². The number of amides is 1. The normalized spacial score (nSPS) is 15.5. The number of carbonyl (C=O) groups is 1. The zero-order chi connectivity index (χ0) is 23.6. The Hall–Kier alpha value is -3.17. The van der Waals surface area contributed by atoms with Crippen LogP contribution in [0.5, 0.6) is 5.75 Å². The van der Waals surface area contributed by atoms with E-state index in [0.29, 0.717) is 30.3 Å². The van der Waals surface area contributed by atoms with Crippen molar-refractivity contribution >= 4 is 26.8 Å². The summed E-state index contributed by atoms with van der Waals surface area (Å²) in [7, 11) is -2.13. The molecule has 9 heteroatoms. The minimum atomic E-state index is -3.71. The molecule has 174 valence electrons. The first-order valence-corrected chi connectivity index (χ1v) is 12.3. The number of hydrogen-bond acceptors (Lipinski definition) is 5. The van der Waals surface area contributed by atoms with Gasteiger partial charge in [0.1, 0.15) is 11.3 Å². The minimum absolute atomic E-state index is 0.0610. The van der Waals surface area contributed by atoms with Crippen LogP contribution in [0.1, 0.15) is 35.7 Å². The number of sulfonamides is 1. The van der Waals surface area contributed by atoms with E-state index in [-0.39, 0.29) is 22.4 Å². The monoisotopic (exact) mass is 469 g/mol. The molecule has 0 atom stereocenters. The van der Waals surface area contributed by atoms with Gasteiger partial charge in [0.2, 0.25) is 15.5 Å². The molecule has 8 nitrogen and oxygen atoms in total. The van der Waals surface area contributed by atoms with Crippen molar-refractivity contribution in [3.05, 3.63) is 70.0 Å². The summed E-state index contributed by atoms with van der Waals surface area (Å²) >= 11 is 0. The van der Waals surface area contributed by atoms with Gasteiger partial charge < -0.3 is 15.0 Å². The fraction of sp³-hybridized carbons (Fsp3) is 0.333. The van der Waals surface area contributed by atoms with E-state index in [4.69, 9.17) is 4.74 Å². The summed E-state index contributed by atoms with van der Waals surface area (Å²) in [6.45, 7) is 3.28. The van der Waals surface area contributed by atoms with Crippen molar-refractivity contribution in [1.82, 2.24) is 14.6 Å². The number of methoxy groups -OCH3 is 1. The molecule has 1 aliphatic heterocycles. The molecular weight excluding hydrogens is 442 g/mol. The molecule has 2 aromatic carbocycles. The van der Waals surface area contributed by atoms with Gasteiger partial charge in [-0.2, -0.15) is 4.31 Å². The number of H-pyrrole nitrogens is 1. The second-order valence-electron chi connectivity index (χ2n) is 8.36. The van der Waals surface area contributed by atoms with E-state index in [1.54, 1.807) is 25.3 Å². The number of carbonyl (C=O) groups excluding carboxylic acids is 1. The zero-order valence-corrected chi connectivity index (χ0v) is 19.4. The smallest absolute Gasteiger partial charge is 0.257 e. The van der Waals surface area contributed by atoms with Crippen molar-refractivity contribution in [2.45, 2.75) is 31.2 Å². The third-order valence-electron chi connectivity index (χ3n) is 6.09. The average Bonchev–Trinajstić information content (AvgIpc) is 2.83. The van der Waals surface area contributed by atoms with Gasteiger partial charge in [0.05, 0.1) is 12.0 Å². The number of hydrogen-bond donors (Lipinski definition) is 2. The number of aromatic nitrogens is 1. The largest absolute Gasteiger partial charge is 0.497 e. The number of benzene rings is 2. The lowest BCUT2D eigenvalue weighted by molar-refractivity contribution is 0.0949. The van der Waals surface area contributed by atoms with Gasteiger partial charge >= 0.3 is 0 Å². The van der Waals surface area contributed by atoms with Gasteiger partial charge in [-0.15, -0.1) is 0 Å². The van der Waals surface area contributed by atoms with Gasteiger partial charge in [0.25, 0.3) is 5.91 Å². The van der Waals surface area contributed by atoms with Crippen LogP contribution in [0.15, 0.2) is 58.4 Å². The number of nitrogens with zero attached hydrogens (tertiary/aromatic N) is 1. The van der Waals surface area contributed by atoms with Crippen LogP contribution in [0, 0.1) is 5.92 Å². The van der Waals surface area contributed by atoms with Gasteiger partial charge in [-0.25, -0.2) is 8.42 Å². The second kappa shape index (κ2) is 9.36. The van der Waals surface area contributed by atoms with Crippen molar-refractivity contribution in [2.75, 3.05) is 20.2 Å². The lowest BCUT2D eigenvalue weighted by atomic mass is 10.0. The summed E-state index contributed by atoms with van der Waals surface area (Å²) in [5, 5.41) is 2.90. The topological polar surface area (TPSA) is 109 Å².